The van der Waals surface area contributed by atoms with Crippen LogP contribution in [0.3, 0.4) is 0 Å². The minimum absolute atomic E-state index is 0.0934. The first-order chi connectivity index (χ1) is 15.3. The average molecular weight is 434 g/mol. The highest BCUT2D eigenvalue weighted by atomic mass is 19.1. The van der Waals surface area contributed by atoms with Crippen LogP contribution in [0.4, 0.5) is 10.1 Å². The van der Waals surface area contributed by atoms with Gasteiger partial charge in [-0.15, -0.1) is 0 Å². The van der Waals surface area contributed by atoms with Gasteiger partial charge in [0.25, 0.3) is 5.91 Å². The molecule has 3 aromatic rings. The van der Waals surface area contributed by atoms with E-state index in [0.717, 1.165) is 11.3 Å². The number of benzene rings is 3. The summed E-state index contributed by atoms with van der Waals surface area (Å²) < 4.78 is 13.7. The summed E-state index contributed by atoms with van der Waals surface area (Å²) in [7, 11) is 0. The lowest BCUT2D eigenvalue weighted by Crippen LogP contribution is -2.32. The third-order valence-electron chi connectivity index (χ3n) is 5.41. The molecule has 166 valence electrons. The normalized spacial score (nSPS) is 11.5. The summed E-state index contributed by atoms with van der Waals surface area (Å²) in [5.74, 6) is -0.764. The molecule has 0 aromatic heterocycles. The van der Waals surface area contributed by atoms with E-state index in [2.05, 4.69) is 41.9 Å². The predicted molar refractivity (Wildman–Crippen MR) is 125 cm³/mol. The molecule has 6 heteroatoms. The van der Waals surface area contributed by atoms with Gasteiger partial charge in [0.15, 0.2) is 0 Å². The molecular formula is C26H28FN3O2. The third-order valence-corrected chi connectivity index (χ3v) is 5.41. The number of rotatable bonds is 8. The van der Waals surface area contributed by atoms with Gasteiger partial charge in [-0.25, -0.2) is 4.39 Å². The maximum Gasteiger partial charge on any atom is 0.251 e. The molecule has 0 aliphatic rings. The Hall–Kier alpha value is -3.67. The first-order valence-corrected chi connectivity index (χ1v) is 10.6. The lowest BCUT2D eigenvalue weighted by molar-refractivity contribution is -0.120. The van der Waals surface area contributed by atoms with E-state index >= 15 is 0 Å². The Morgan fingerprint density at radius 1 is 0.938 bits per heavy atom. The Bertz CT molecular complexity index is 1100. The summed E-state index contributed by atoms with van der Waals surface area (Å²) in [6.45, 7) is 6.30. The van der Waals surface area contributed by atoms with Crippen molar-refractivity contribution < 1.29 is 14.0 Å². The number of aryl methyl sites for hydroxylation is 2. The fraction of sp³-hybridized carbons (Fsp3) is 0.231. The number of anilines is 1. The summed E-state index contributed by atoms with van der Waals surface area (Å²) in [6, 6.07) is 19.2. The first-order valence-electron chi connectivity index (χ1n) is 10.6. The van der Waals surface area contributed by atoms with Crippen LogP contribution in [0.5, 0.6) is 0 Å². The molecular weight excluding hydrogens is 405 g/mol. The number of hydrogen-bond acceptors (Lipinski definition) is 3. The molecule has 0 spiro atoms. The Morgan fingerprint density at radius 3 is 2.34 bits per heavy atom. The van der Waals surface area contributed by atoms with Crippen LogP contribution in [0.1, 0.15) is 45.6 Å². The molecule has 0 bridgehead atoms. The van der Waals surface area contributed by atoms with Crippen molar-refractivity contribution in [2.45, 2.75) is 33.4 Å². The summed E-state index contributed by atoms with van der Waals surface area (Å²) >= 11 is 0. The molecule has 1 unspecified atom stereocenters. The van der Waals surface area contributed by atoms with Gasteiger partial charge in [0.2, 0.25) is 5.91 Å². The minimum atomic E-state index is -0.350. The van der Waals surface area contributed by atoms with E-state index in [1.165, 1.54) is 17.2 Å². The predicted octanol–water partition coefficient (Wildman–Crippen LogP) is 4.66. The summed E-state index contributed by atoms with van der Waals surface area (Å²) in [5, 5.41) is 8.75. The van der Waals surface area contributed by atoms with Gasteiger partial charge in [-0.2, -0.15) is 0 Å². The third kappa shape index (κ3) is 6.17. The zero-order valence-electron chi connectivity index (χ0n) is 18.5. The minimum Gasteiger partial charge on any atom is -0.376 e. The standard InChI is InChI=1S/C26H28FN3O2/c1-17-8-9-21(14-18(17)2)19(3)30-25(31)16-28-23-12-10-20(11-13-23)26(32)29-15-22-6-4-5-7-24(22)27/h4-14,19,28H,15-16H2,1-3H3,(H,29,32)(H,30,31). The van der Waals surface area contributed by atoms with Gasteiger partial charge in [0, 0.05) is 23.4 Å². The summed E-state index contributed by atoms with van der Waals surface area (Å²) in [4.78, 5) is 24.6. The average Bonchev–Trinajstić information content (AvgIpc) is 2.79. The lowest BCUT2D eigenvalue weighted by atomic mass is 10.0. The fourth-order valence-electron chi connectivity index (χ4n) is 3.25. The van der Waals surface area contributed by atoms with Crippen LogP contribution in [0, 0.1) is 19.7 Å². The van der Waals surface area contributed by atoms with E-state index in [9.17, 15) is 14.0 Å². The SMILES string of the molecule is Cc1ccc(C(C)NC(=O)CNc2ccc(C(=O)NCc3ccccc3F)cc2)cc1C. The van der Waals surface area contributed by atoms with Crippen molar-refractivity contribution in [3.05, 3.63) is 100 Å². The Morgan fingerprint density at radius 2 is 1.66 bits per heavy atom. The second-order valence-corrected chi connectivity index (χ2v) is 7.84. The molecule has 0 aliphatic heterocycles. The van der Waals surface area contributed by atoms with Crippen LogP contribution in [0.15, 0.2) is 66.7 Å². The van der Waals surface area contributed by atoms with E-state index in [0.29, 0.717) is 11.1 Å². The molecule has 3 rings (SSSR count). The maximum atomic E-state index is 13.7. The molecule has 0 saturated heterocycles. The molecule has 0 aliphatic carbocycles. The molecule has 5 nitrogen and oxygen atoms in total. The Balaban J connectivity index is 1.47. The highest BCUT2D eigenvalue weighted by molar-refractivity contribution is 5.94. The van der Waals surface area contributed by atoms with Crippen molar-refractivity contribution in [2.75, 3.05) is 11.9 Å². The van der Waals surface area contributed by atoms with Gasteiger partial charge in [-0.3, -0.25) is 9.59 Å². The smallest absolute Gasteiger partial charge is 0.251 e. The molecule has 0 saturated carbocycles. The van der Waals surface area contributed by atoms with E-state index < -0.39 is 0 Å². The molecule has 32 heavy (non-hydrogen) atoms. The van der Waals surface area contributed by atoms with Gasteiger partial charge in [0.1, 0.15) is 5.82 Å². The second-order valence-electron chi connectivity index (χ2n) is 7.84. The van der Waals surface area contributed by atoms with Gasteiger partial charge < -0.3 is 16.0 Å². The molecule has 1 atom stereocenters. The number of hydrogen-bond donors (Lipinski definition) is 3. The zero-order chi connectivity index (χ0) is 23.1. The van der Waals surface area contributed by atoms with Crippen molar-refractivity contribution >= 4 is 17.5 Å². The number of nitrogens with one attached hydrogen (secondary N) is 3. The van der Waals surface area contributed by atoms with Crippen molar-refractivity contribution in [1.29, 1.82) is 0 Å². The summed E-state index contributed by atoms with van der Waals surface area (Å²) in [5.41, 5.74) is 5.09. The molecule has 3 aromatic carbocycles. The van der Waals surface area contributed by atoms with Crippen LogP contribution in [-0.2, 0) is 11.3 Å². The molecule has 2 amide bonds. The van der Waals surface area contributed by atoms with E-state index in [1.807, 2.05) is 13.0 Å². The summed E-state index contributed by atoms with van der Waals surface area (Å²) in [6.07, 6.45) is 0. The van der Waals surface area contributed by atoms with Crippen LogP contribution in [-0.4, -0.2) is 18.4 Å². The molecule has 3 N–H and O–H groups in total. The van der Waals surface area contributed by atoms with E-state index in [1.54, 1.807) is 42.5 Å². The van der Waals surface area contributed by atoms with Crippen LogP contribution >= 0.6 is 0 Å². The van der Waals surface area contributed by atoms with Crippen LogP contribution < -0.4 is 16.0 Å². The molecule has 0 heterocycles. The highest BCUT2D eigenvalue weighted by Gasteiger charge is 2.11. The number of carbonyl (C=O) groups is 2. The van der Waals surface area contributed by atoms with Gasteiger partial charge in [-0.1, -0.05) is 36.4 Å². The number of carbonyl (C=O) groups excluding carboxylic acids is 2. The Labute approximate surface area is 188 Å². The number of amides is 2. The van der Waals surface area contributed by atoms with Crippen molar-refractivity contribution in [1.82, 2.24) is 10.6 Å². The number of halogens is 1. The molecule has 0 fully saturated rings. The zero-order valence-corrected chi connectivity index (χ0v) is 18.5. The second kappa shape index (κ2) is 10.6. The topological polar surface area (TPSA) is 70.2 Å². The molecule has 0 radical (unpaired) electrons. The van der Waals surface area contributed by atoms with Crippen LogP contribution in [0.25, 0.3) is 0 Å². The maximum absolute atomic E-state index is 13.7. The quantitative estimate of drug-likeness (QED) is 0.484. The highest BCUT2D eigenvalue weighted by Crippen LogP contribution is 2.17. The van der Waals surface area contributed by atoms with E-state index in [4.69, 9.17) is 0 Å². The Kier molecular flexibility index (Phi) is 7.60. The van der Waals surface area contributed by atoms with Gasteiger partial charge in [-0.05, 0) is 67.8 Å². The van der Waals surface area contributed by atoms with Gasteiger partial charge in [0.05, 0.1) is 12.6 Å². The monoisotopic (exact) mass is 433 g/mol. The largest absolute Gasteiger partial charge is 0.376 e. The lowest BCUT2D eigenvalue weighted by Gasteiger charge is -2.16. The van der Waals surface area contributed by atoms with Crippen molar-refractivity contribution in [3.63, 3.8) is 0 Å². The van der Waals surface area contributed by atoms with Crippen LogP contribution in [0.2, 0.25) is 0 Å². The van der Waals surface area contributed by atoms with E-state index in [-0.39, 0.29) is 36.8 Å². The van der Waals surface area contributed by atoms with Crippen molar-refractivity contribution in [3.8, 4) is 0 Å². The first kappa shape index (κ1) is 23.0. The fourth-order valence-corrected chi connectivity index (χ4v) is 3.25. The van der Waals surface area contributed by atoms with Crippen molar-refractivity contribution in [2.24, 2.45) is 0 Å². The van der Waals surface area contributed by atoms with Gasteiger partial charge >= 0.3 is 0 Å².